The van der Waals surface area contributed by atoms with Gasteiger partial charge < -0.3 is 14.9 Å². The summed E-state index contributed by atoms with van der Waals surface area (Å²) in [5.74, 6) is -2.91. The molecule has 1 atom stereocenters. The Kier molecular flexibility index (Phi) is 7.57. The van der Waals surface area contributed by atoms with Gasteiger partial charge in [-0.2, -0.15) is 0 Å². The second-order valence-electron chi connectivity index (χ2n) is 8.47. The molecule has 7 nitrogen and oxygen atoms in total. The van der Waals surface area contributed by atoms with E-state index in [0.717, 1.165) is 12.0 Å². The number of aliphatic hydroxyl groups is 1. The Hall–Kier alpha value is -3.81. The number of anilines is 1. The molecule has 0 saturated carbocycles. The van der Waals surface area contributed by atoms with Crippen molar-refractivity contribution >= 4 is 52.3 Å². The molecule has 4 rings (SSSR count). The normalized spacial score (nSPS) is 16.8. The number of aliphatic carboxylic acids is 1. The highest BCUT2D eigenvalue weighted by molar-refractivity contribution is 6.51. The predicted octanol–water partition coefficient (Wildman–Crippen LogP) is 5.82. The molecule has 3 aromatic rings. The maximum Gasteiger partial charge on any atom is 0.307 e. The largest absolute Gasteiger partial charge is 0.507 e. The predicted molar refractivity (Wildman–Crippen MR) is 141 cm³/mol. The van der Waals surface area contributed by atoms with E-state index in [9.17, 15) is 19.5 Å². The fraction of sp³-hybridized carbons (Fsp3) is 0.179. The first-order chi connectivity index (χ1) is 17.7. The topological polar surface area (TPSA) is 104 Å². The number of rotatable bonds is 7. The number of carboxylic acid groups (broad SMARTS) is 1. The summed E-state index contributed by atoms with van der Waals surface area (Å²) in [7, 11) is 1.40. The molecule has 0 aliphatic carbocycles. The summed E-state index contributed by atoms with van der Waals surface area (Å²) in [6.45, 7) is 2.01. The Morgan fingerprint density at radius 2 is 1.51 bits per heavy atom. The molecule has 37 heavy (non-hydrogen) atoms. The molecule has 0 bridgehead atoms. The number of carbonyl (C=O) groups is 3. The standard InChI is InChI=1S/C28H23Cl2NO6/c1-3-15-4-8-17(9-5-15)24-23(25(34)18-13-20(29)27(37-2)21(30)14-18)26(35)28(36)31(24)19-10-6-16(7-11-19)12-22(32)33/h4-11,13-14,24,34H,3,12H2,1-2H3,(H,32,33)/b25-23+. The van der Waals surface area contributed by atoms with Gasteiger partial charge in [-0.3, -0.25) is 19.3 Å². The van der Waals surface area contributed by atoms with Crippen LogP contribution in [0, 0.1) is 0 Å². The average molecular weight is 540 g/mol. The van der Waals surface area contributed by atoms with Crippen molar-refractivity contribution in [2.45, 2.75) is 25.8 Å². The lowest BCUT2D eigenvalue weighted by Gasteiger charge is -2.26. The van der Waals surface area contributed by atoms with Crippen LogP contribution in [0.4, 0.5) is 5.69 Å². The molecule has 1 heterocycles. The quantitative estimate of drug-likeness (QED) is 0.223. The Balaban J connectivity index is 1.90. The van der Waals surface area contributed by atoms with Crippen LogP contribution in [-0.2, 0) is 27.2 Å². The summed E-state index contributed by atoms with van der Waals surface area (Å²) >= 11 is 12.5. The average Bonchev–Trinajstić information content (AvgIpc) is 3.14. The molecule has 1 fully saturated rings. The van der Waals surface area contributed by atoms with E-state index in [1.54, 1.807) is 24.3 Å². The zero-order chi connectivity index (χ0) is 26.9. The lowest BCUT2D eigenvalue weighted by Crippen LogP contribution is -2.29. The molecule has 0 spiro atoms. The lowest BCUT2D eigenvalue weighted by atomic mass is 9.94. The van der Waals surface area contributed by atoms with Crippen LogP contribution >= 0.6 is 23.2 Å². The van der Waals surface area contributed by atoms with Crippen LogP contribution < -0.4 is 9.64 Å². The first kappa shape index (κ1) is 26.3. The number of nitrogens with zero attached hydrogens (tertiary/aromatic N) is 1. The molecule has 1 amide bonds. The summed E-state index contributed by atoms with van der Waals surface area (Å²) in [6.07, 6.45) is 0.619. The third-order valence-electron chi connectivity index (χ3n) is 6.19. The highest BCUT2D eigenvalue weighted by Gasteiger charge is 2.47. The maximum absolute atomic E-state index is 13.3. The van der Waals surface area contributed by atoms with E-state index in [1.807, 2.05) is 31.2 Å². The number of aliphatic hydroxyl groups excluding tert-OH is 1. The van der Waals surface area contributed by atoms with Crippen molar-refractivity contribution in [1.82, 2.24) is 0 Å². The van der Waals surface area contributed by atoms with Gasteiger partial charge in [-0.05, 0) is 47.4 Å². The molecule has 0 radical (unpaired) electrons. The van der Waals surface area contributed by atoms with Crippen molar-refractivity contribution in [3.63, 3.8) is 0 Å². The van der Waals surface area contributed by atoms with Gasteiger partial charge in [-0.15, -0.1) is 0 Å². The van der Waals surface area contributed by atoms with E-state index in [2.05, 4.69) is 0 Å². The van der Waals surface area contributed by atoms with Gasteiger partial charge in [-0.25, -0.2) is 0 Å². The number of carboxylic acids is 1. The van der Waals surface area contributed by atoms with Crippen LogP contribution in [0.5, 0.6) is 5.75 Å². The molecular formula is C28H23Cl2NO6. The Bertz CT molecular complexity index is 1390. The number of hydrogen-bond acceptors (Lipinski definition) is 5. The minimum absolute atomic E-state index is 0.124. The molecule has 1 aliphatic rings. The number of methoxy groups -OCH3 is 1. The third kappa shape index (κ3) is 5.05. The van der Waals surface area contributed by atoms with E-state index in [0.29, 0.717) is 16.8 Å². The summed E-state index contributed by atoms with van der Waals surface area (Å²) in [6, 6.07) is 15.6. The number of carbonyl (C=O) groups excluding carboxylic acids is 2. The third-order valence-corrected chi connectivity index (χ3v) is 6.76. The van der Waals surface area contributed by atoms with Gasteiger partial charge >= 0.3 is 5.97 Å². The summed E-state index contributed by atoms with van der Waals surface area (Å²) in [5.41, 5.74) is 2.62. The minimum atomic E-state index is -0.985. The van der Waals surface area contributed by atoms with E-state index in [4.69, 9.17) is 33.0 Å². The number of ketones is 1. The van der Waals surface area contributed by atoms with Crippen LogP contribution in [0.3, 0.4) is 0 Å². The van der Waals surface area contributed by atoms with Gasteiger partial charge in [-0.1, -0.05) is 66.5 Å². The highest BCUT2D eigenvalue weighted by atomic mass is 35.5. The van der Waals surface area contributed by atoms with Crippen molar-refractivity contribution in [3.8, 4) is 5.75 Å². The number of hydrogen-bond donors (Lipinski definition) is 2. The van der Waals surface area contributed by atoms with Crippen molar-refractivity contribution < 1.29 is 29.3 Å². The molecule has 1 unspecified atom stereocenters. The van der Waals surface area contributed by atoms with E-state index < -0.39 is 29.5 Å². The zero-order valence-corrected chi connectivity index (χ0v) is 21.5. The monoisotopic (exact) mass is 539 g/mol. The summed E-state index contributed by atoms with van der Waals surface area (Å²) < 4.78 is 5.17. The van der Waals surface area contributed by atoms with Crippen LogP contribution in [0.1, 0.15) is 35.2 Å². The Morgan fingerprint density at radius 3 is 2.03 bits per heavy atom. The van der Waals surface area contributed by atoms with E-state index in [1.165, 1.54) is 24.1 Å². The Labute approximate surface area is 223 Å². The molecule has 2 N–H and O–H groups in total. The molecular weight excluding hydrogens is 517 g/mol. The lowest BCUT2D eigenvalue weighted by molar-refractivity contribution is -0.136. The van der Waals surface area contributed by atoms with Gasteiger partial charge in [0.2, 0.25) is 0 Å². The second-order valence-corrected chi connectivity index (χ2v) is 9.29. The number of halogens is 2. The van der Waals surface area contributed by atoms with Gasteiger partial charge in [0.05, 0.1) is 35.2 Å². The van der Waals surface area contributed by atoms with E-state index in [-0.39, 0.29) is 33.4 Å². The van der Waals surface area contributed by atoms with E-state index >= 15 is 0 Å². The maximum atomic E-state index is 13.3. The van der Waals surface area contributed by atoms with Crippen LogP contribution in [0.2, 0.25) is 10.0 Å². The molecule has 9 heteroatoms. The minimum Gasteiger partial charge on any atom is -0.507 e. The fourth-order valence-electron chi connectivity index (χ4n) is 4.35. The number of ether oxygens (including phenoxy) is 1. The first-order valence-electron chi connectivity index (χ1n) is 11.4. The van der Waals surface area contributed by atoms with Gasteiger partial charge in [0, 0.05) is 11.3 Å². The highest BCUT2D eigenvalue weighted by Crippen LogP contribution is 2.44. The second kappa shape index (κ2) is 10.7. The van der Waals surface area contributed by atoms with Crippen LogP contribution in [0.25, 0.3) is 5.76 Å². The van der Waals surface area contributed by atoms with Crippen LogP contribution in [0.15, 0.2) is 66.2 Å². The first-order valence-corrected chi connectivity index (χ1v) is 12.2. The van der Waals surface area contributed by atoms with Crippen molar-refractivity contribution in [2.75, 3.05) is 12.0 Å². The fourth-order valence-corrected chi connectivity index (χ4v) is 4.99. The Morgan fingerprint density at radius 1 is 0.946 bits per heavy atom. The molecule has 190 valence electrons. The van der Waals surface area contributed by atoms with Crippen molar-refractivity contribution in [2.24, 2.45) is 0 Å². The smallest absolute Gasteiger partial charge is 0.307 e. The van der Waals surface area contributed by atoms with Gasteiger partial charge in [0.25, 0.3) is 11.7 Å². The van der Waals surface area contributed by atoms with Gasteiger partial charge in [0.15, 0.2) is 5.75 Å². The summed E-state index contributed by atoms with van der Waals surface area (Å²) in [5, 5.41) is 20.6. The van der Waals surface area contributed by atoms with Crippen LogP contribution in [-0.4, -0.2) is 35.0 Å². The number of Topliss-reactive ketones (excluding diaryl/α,β-unsaturated/α-hetero) is 1. The number of amides is 1. The molecule has 0 aromatic heterocycles. The summed E-state index contributed by atoms with van der Waals surface area (Å²) in [4.78, 5) is 39.0. The number of benzene rings is 3. The van der Waals surface area contributed by atoms with Gasteiger partial charge in [0.1, 0.15) is 5.76 Å². The molecule has 3 aromatic carbocycles. The molecule has 1 saturated heterocycles. The number of aryl methyl sites for hydroxylation is 1. The molecule has 1 aliphatic heterocycles. The van der Waals surface area contributed by atoms with Crippen molar-refractivity contribution in [3.05, 3.63) is 98.5 Å². The SMILES string of the molecule is CCc1ccc(C2/C(=C(\O)c3cc(Cl)c(OC)c(Cl)c3)C(=O)C(=O)N2c2ccc(CC(=O)O)cc2)cc1. The van der Waals surface area contributed by atoms with Crippen molar-refractivity contribution in [1.29, 1.82) is 0 Å². The zero-order valence-electron chi connectivity index (χ0n) is 20.0.